The first kappa shape index (κ1) is 17.1. The lowest BCUT2D eigenvalue weighted by Gasteiger charge is -2.05. The van der Waals surface area contributed by atoms with Gasteiger partial charge in [-0.3, -0.25) is 4.79 Å². The number of hydrogen-bond acceptors (Lipinski definition) is 4. The van der Waals surface area contributed by atoms with E-state index in [1.807, 2.05) is 54.6 Å². The van der Waals surface area contributed by atoms with E-state index in [1.54, 1.807) is 42.9 Å². The van der Waals surface area contributed by atoms with E-state index >= 15 is 0 Å². The molecule has 0 N–H and O–H groups in total. The molecule has 0 bridgehead atoms. The lowest BCUT2D eigenvalue weighted by atomic mass is 9.94. The van der Waals surface area contributed by atoms with Crippen LogP contribution in [0.15, 0.2) is 111 Å². The van der Waals surface area contributed by atoms with Crippen molar-refractivity contribution in [3.8, 4) is 34.2 Å². The van der Waals surface area contributed by atoms with Crippen molar-refractivity contribution < 1.29 is 18.0 Å². The molecule has 3 heterocycles. The van der Waals surface area contributed by atoms with Crippen molar-refractivity contribution in [3.05, 3.63) is 109 Å². The van der Waals surface area contributed by atoms with Crippen molar-refractivity contribution in [1.82, 2.24) is 0 Å². The first-order valence-electron chi connectivity index (χ1n) is 9.22. The van der Waals surface area contributed by atoms with Crippen molar-refractivity contribution >= 4 is 5.78 Å². The highest BCUT2D eigenvalue weighted by atomic mass is 16.4. The number of carbonyl (C=O) groups excluding carboxylic acids is 1. The summed E-state index contributed by atoms with van der Waals surface area (Å²) in [7, 11) is 0. The van der Waals surface area contributed by atoms with E-state index in [4.69, 9.17) is 13.3 Å². The Balaban J connectivity index is 1.84. The van der Waals surface area contributed by atoms with Crippen molar-refractivity contribution in [2.24, 2.45) is 0 Å². The second-order valence-electron chi connectivity index (χ2n) is 6.53. The number of carbonyl (C=O) groups is 1. The molecule has 0 amide bonds. The van der Waals surface area contributed by atoms with E-state index in [0.717, 1.165) is 5.56 Å². The highest BCUT2D eigenvalue weighted by molar-refractivity contribution is 6.17. The Morgan fingerprint density at radius 1 is 0.621 bits per heavy atom. The zero-order valence-electron chi connectivity index (χ0n) is 15.4. The summed E-state index contributed by atoms with van der Waals surface area (Å²) < 4.78 is 17.5. The summed E-state index contributed by atoms with van der Waals surface area (Å²) in [6.07, 6.45) is 3.15. The van der Waals surface area contributed by atoms with Gasteiger partial charge in [0.15, 0.2) is 17.3 Å². The van der Waals surface area contributed by atoms with Crippen molar-refractivity contribution in [2.75, 3.05) is 0 Å². The zero-order chi connectivity index (χ0) is 19.6. The van der Waals surface area contributed by atoms with E-state index in [9.17, 15) is 4.79 Å². The fraction of sp³-hybridized carbons (Fsp3) is 0. The largest absolute Gasteiger partial charge is 0.464 e. The third-order valence-electron chi connectivity index (χ3n) is 4.72. The van der Waals surface area contributed by atoms with Gasteiger partial charge in [0, 0.05) is 11.1 Å². The first-order chi connectivity index (χ1) is 14.3. The molecule has 5 rings (SSSR count). The highest BCUT2D eigenvalue weighted by Crippen LogP contribution is 2.44. The van der Waals surface area contributed by atoms with Crippen LogP contribution in [0.3, 0.4) is 0 Å². The molecule has 3 aromatic heterocycles. The molecule has 0 radical (unpaired) electrons. The number of furan rings is 3. The molecule has 29 heavy (non-hydrogen) atoms. The Hall–Kier alpha value is -4.05. The van der Waals surface area contributed by atoms with Gasteiger partial charge >= 0.3 is 0 Å². The number of ketones is 1. The minimum absolute atomic E-state index is 0.141. The molecular formula is C25H16O4. The van der Waals surface area contributed by atoms with Gasteiger partial charge < -0.3 is 13.3 Å². The van der Waals surface area contributed by atoms with Gasteiger partial charge in [0.25, 0.3) is 0 Å². The summed E-state index contributed by atoms with van der Waals surface area (Å²) in [6, 6.07) is 25.9. The van der Waals surface area contributed by atoms with Crippen LogP contribution in [0.2, 0.25) is 0 Å². The predicted octanol–water partition coefficient (Wildman–Crippen LogP) is 6.70. The fourth-order valence-corrected chi connectivity index (χ4v) is 3.41. The fourth-order valence-electron chi connectivity index (χ4n) is 3.41. The molecule has 0 saturated carbocycles. The third-order valence-corrected chi connectivity index (χ3v) is 4.72. The van der Waals surface area contributed by atoms with Crippen LogP contribution in [-0.2, 0) is 0 Å². The monoisotopic (exact) mass is 380 g/mol. The topological polar surface area (TPSA) is 56.5 Å². The molecule has 0 aliphatic rings. The quantitative estimate of drug-likeness (QED) is 0.318. The molecule has 5 aromatic rings. The van der Waals surface area contributed by atoms with Crippen LogP contribution < -0.4 is 0 Å². The average Bonchev–Trinajstić information content (AvgIpc) is 3.54. The molecule has 2 aromatic carbocycles. The normalized spacial score (nSPS) is 10.9. The van der Waals surface area contributed by atoms with Crippen LogP contribution in [0.5, 0.6) is 0 Å². The van der Waals surface area contributed by atoms with E-state index in [2.05, 4.69) is 0 Å². The van der Waals surface area contributed by atoms with E-state index in [0.29, 0.717) is 39.7 Å². The second-order valence-corrected chi connectivity index (χ2v) is 6.53. The van der Waals surface area contributed by atoms with Gasteiger partial charge in [-0.15, -0.1) is 0 Å². The Kier molecular flexibility index (Phi) is 4.22. The summed E-state index contributed by atoms with van der Waals surface area (Å²) in [5.74, 6) is 1.88. The highest BCUT2D eigenvalue weighted by Gasteiger charge is 2.31. The average molecular weight is 380 g/mol. The summed E-state index contributed by atoms with van der Waals surface area (Å²) >= 11 is 0. The Bertz CT molecular complexity index is 1230. The lowest BCUT2D eigenvalue weighted by Crippen LogP contribution is -2.03. The molecule has 0 fully saturated rings. The number of rotatable bonds is 5. The van der Waals surface area contributed by atoms with Crippen LogP contribution >= 0.6 is 0 Å². The minimum Gasteiger partial charge on any atom is -0.464 e. The van der Waals surface area contributed by atoms with Gasteiger partial charge in [-0.1, -0.05) is 60.7 Å². The molecule has 4 heteroatoms. The molecule has 0 aliphatic heterocycles. The Labute approximate surface area is 167 Å². The molecule has 4 nitrogen and oxygen atoms in total. The first-order valence-corrected chi connectivity index (χ1v) is 9.22. The van der Waals surface area contributed by atoms with Gasteiger partial charge in [-0.05, 0) is 24.3 Å². The van der Waals surface area contributed by atoms with Crippen LogP contribution in [-0.4, -0.2) is 5.78 Å². The Morgan fingerprint density at radius 3 is 1.86 bits per heavy atom. The van der Waals surface area contributed by atoms with Crippen molar-refractivity contribution in [2.45, 2.75) is 0 Å². The summed E-state index contributed by atoms with van der Waals surface area (Å²) in [6.45, 7) is 0. The molecule has 0 atom stereocenters. The van der Waals surface area contributed by atoms with E-state index < -0.39 is 0 Å². The van der Waals surface area contributed by atoms with Gasteiger partial charge in [0.2, 0.25) is 0 Å². The SMILES string of the molecule is O=C(c1ccccc1)c1c(-c2ccccc2)oc(-c2ccco2)c1-c1ccco1. The van der Waals surface area contributed by atoms with E-state index in [1.165, 1.54) is 0 Å². The molecule has 0 saturated heterocycles. The third kappa shape index (κ3) is 3.01. The predicted molar refractivity (Wildman–Crippen MR) is 109 cm³/mol. The standard InChI is InChI=1S/C25H16O4/c26-23(17-9-3-1-4-10-17)22-21(19-13-7-15-27-19)25(20-14-8-16-28-20)29-24(22)18-11-5-2-6-12-18/h1-16H. The van der Waals surface area contributed by atoms with E-state index in [-0.39, 0.29) is 5.78 Å². The van der Waals surface area contributed by atoms with Crippen molar-refractivity contribution in [3.63, 3.8) is 0 Å². The number of benzene rings is 2. The Morgan fingerprint density at radius 2 is 1.24 bits per heavy atom. The summed E-state index contributed by atoms with van der Waals surface area (Å²) in [4.78, 5) is 13.6. The molecular weight excluding hydrogens is 364 g/mol. The van der Waals surface area contributed by atoms with Gasteiger partial charge in [-0.25, -0.2) is 0 Å². The van der Waals surface area contributed by atoms with Gasteiger partial charge in [0.1, 0.15) is 11.5 Å². The van der Waals surface area contributed by atoms with Gasteiger partial charge in [0.05, 0.1) is 23.7 Å². The van der Waals surface area contributed by atoms with Crippen LogP contribution in [0.25, 0.3) is 34.2 Å². The van der Waals surface area contributed by atoms with Crippen molar-refractivity contribution in [1.29, 1.82) is 0 Å². The number of hydrogen-bond donors (Lipinski definition) is 0. The summed E-state index contributed by atoms with van der Waals surface area (Å²) in [5, 5.41) is 0. The zero-order valence-corrected chi connectivity index (χ0v) is 15.4. The molecule has 0 spiro atoms. The minimum atomic E-state index is -0.141. The lowest BCUT2D eigenvalue weighted by molar-refractivity contribution is 0.103. The maximum atomic E-state index is 13.6. The second kappa shape index (κ2) is 7.17. The molecule has 0 unspecified atom stereocenters. The maximum Gasteiger partial charge on any atom is 0.197 e. The molecule has 140 valence electrons. The van der Waals surface area contributed by atoms with Crippen LogP contribution in [0.4, 0.5) is 0 Å². The molecule has 0 aliphatic carbocycles. The van der Waals surface area contributed by atoms with Crippen LogP contribution in [0, 0.1) is 0 Å². The smallest absolute Gasteiger partial charge is 0.197 e. The van der Waals surface area contributed by atoms with Crippen LogP contribution in [0.1, 0.15) is 15.9 Å². The summed E-state index contributed by atoms with van der Waals surface area (Å²) in [5.41, 5.74) is 2.41. The van der Waals surface area contributed by atoms with Gasteiger partial charge in [-0.2, -0.15) is 0 Å². The maximum absolute atomic E-state index is 13.6.